The number of anilines is 1. The molecule has 2 aliphatic heterocycles. The lowest BCUT2D eigenvalue weighted by molar-refractivity contribution is -0.138. The summed E-state index contributed by atoms with van der Waals surface area (Å²) < 4.78 is 38.0. The average Bonchev–Trinajstić information content (AvgIpc) is 2.85. The molecule has 6 nitrogen and oxygen atoms in total. The summed E-state index contributed by atoms with van der Waals surface area (Å²) in [4.78, 5) is 18.3. The predicted molar refractivity (Wildman–Crippen MR) is 135 cm³/mol. The smallest absolute Gasteiger partial charge is 0.390 e. The molecule has 2 aromatic rings. The summed E-state index contributed by atoms with van der Waals surface area (Å²) in [6.45, 7) is 3.78. The maximum atomic E-state index is 12.7. The monoisotopic (exact) mass is 524 g/mol. The zero-order valence-corrected chi connectivity index (χ0v) is 20.9. The van der Waals surface area contributed by atoms with Crippen molar-refractivity contribution in [3.63, 3.8) is 0 Å². The van der Waals surface area contributed by atoms with Crippen molar-refractivity contribution in [2.75, 3.05) is 57.3 Å². The summed E-state index contributed by atoms with van der Waals surface area (Å²) in [6, 6.07) is 11.2. The van der Waals surface area contributed by atoms with Crippen molar-refractivity contribution in [1.82, 2.24) is 9.80 Å². The molecule has 2 heterocycles. The van der Waals surface area contributed by atoms with Gasteiger partial charge in [-0.15, -0.1) is 0 Å². The van der Waals surface area contributed by atoms with Crippen molar-refractivity contribution in [3.8, 4) is 0 Å². The summed E-state index contributed by atoms with van der Waals surface area (Å²) in [5.74, 6) is -0.490. The fourth-order valence-corrected chi connectivity index (χ4v) is 5.38. The van der Waals surface area contributed by atoms with Gasteiger partial charge in [0.05, 0.1) is 12.5 Å². The molecule has 1 atom stereocenters. The topological polar surface area (TPSA) is 73.0 Å². The number of nitrogens with two attached hydrogens (primary N) is 1. The number of piperazine rings is 1. The summed E-state index contributed by atoms with van der Waals surface area (Å²) >= 11 is 6.42. The molecule has 2 aromatic carbocycles. The number of primary amides is 1. The van der Waals surface area contributed by atoms with Crippen LogP contribution in [-0.2, 0) is 6.42 Å². The number of aliphatic hydroxyl groups is 1. The third-order valence-corrected chi connectivity index (χ3v) is 7.31. The number of nitrogens with zero attached hydrogens (tertiary/aromatic N) is 3. The largest absolute Gasteiger partial charge is 0.396 e. The maximum Gasteiger partial charge on any atom is 0.390 e. The summed E-state index contributed by atoms with van der Waals surface area (Å²) in [7, 11) is 0. The lowest BCUT2D eigenvalue weighted by Gasteiger charge is -2.42. The fourth-order valence-electron chi connectivity index (χ4n) is 5.22. The van der Waals surface area contributed by atoms with Crippen molar-refractivity contribution in [2.24, 2.45) is 5.73 Å². The number of hydrogen-bond acceptors (Lipinski definition) is 5. The highest BCUT2D eigenvalue weighted by molar-refractivity contribution is 6.30. The van der Waals surface area contributed by atoms with Gasteiger partial charge in [0.25, 0.3) is 0 Å². The van der Waals surface area contributed by atoms with Gasteiger partial charge in [-0.25, -0.2) is 0 Å². The number of amides is 1. The van der Waals surface area contributed by atoms with Crippen LogP contribution in [0.15, 0.2) is 36.4 Å². The first-order valence-electron chi connectivity index (χ1n) is 12.3. The Kier molecular flexibility index (Phi) is 8.44. The molecule has 10 heteroatoms. The van der Waals surface area contributed by atoms with Gasteiger partial charge in [-0.3, -0.25) is 14.6 Å². The highest BCUT2D eigenvalue weighted by atomic mass is 35.5. The Morgan fingerprint density at radius 3 is 2.44 bits per heavy atom. The Balaban J connectivity index is 1.67. The Labute approximate surface area is 214 Å². The average molecular weight is 525 g/mol. The minimum absolute atomic E-state index is 0.000571. The van der Waals surface area contributed by atoms with E-state index in [0.717, 1.165) is 35.3 Å². The van der Waals surface area contributed by atoms with Crippen LogP contribution >= 0.6 is 11.6 Å². The van der Waals surface area contributed by atoms with E-state index in [1.165, 1.54) is 0 Å². The molecular weight excluding hydrogens is 493 g/mol. The number of alkyl halides is 3. The molecule has 3 N–H and O–H groups in total. The number of hydrogen-bond donors (Lipinski definition) is 2. The van der Waals surface area contributed by atoms with Crippen molar-refractivity contribution in [3.05, 3.63) is 63.7 Å². The van der Waals surface area contributed by atoms with Gasteiger partial charge in [-0.05, 0) is 53.8 Å². The van der Waals surface area contributed by atoms with E-state index in [-0.39, 0.29) is 19.2 Å². The third-order valence-electron chi connectivity index (χ3n) is 7.07. The van der Waals surface area contributed by atoms with Crippen LogP contribution in [0.3, 0.4) is 0 Å². The van der Waals surface area contributed by atoms with Crippen molar-refractivity contribution < 1.29 is 23.1 Å². The zero-order valence-electron chi connectivity index (χ0n) is 20.1. The molecule has 0 spiro atoms. The summed E-state index contributed by atoms with van der Waals surface area (Å²) in [5.41, 5.74) is 10.1. The SMILES string of the molecule is NC(=O)c1ccc2c(c1)C(c1ccc(Cl)cc1N1CCN(CCC(F)(F)F)CC1)N(CCCO)CC2. The van der Waals surface area contributed by atoms with E-state index in [2.05, 4.69) is 9.80 Å². The van der Waals surface area contributed by atoms with E-state index in [1.54, 1.807) is 6.07 Å². The molecule has 1 amide bonds. The Morgan fingerprint density at radius 2 is 1.78 bits per heavy atom. The molecule has 0 radical (unpaired) electrons. The van der Waals surface area contributed by atoms with Crippen molar-refractivity contribution in [1.29, 1.82) is 0 Å². The molecule has 36 heavy (non-hydrogen) atoms. The van der Waals surface area contributed by atoms with Crippen LogP contribution in [-0.4, -0.2) is 79.4 Å². The number of halogens is 4. The minimum atomic E-state index is -4.16. The van der Waals surface area contributed by atoms with Gasteiger partial charge in [0.1, 0.15) is 0 Å². The van der Waals surface area contributed by atoms with E-state index in [9.17, 15) is 23.1 Å². The first-order valence-corrected chi connectivity index (χ1v) is 12.6. The van der Waals surface area contributed by atoms with Gasteiger partial charge in [0, 0.05) is 68.7 Å². The van der Waals surface area contributed by atoms with E-state index in [1.807, 2.05) is 35.2 Å². The van der Waals surface area contributed by atoms with Gasteiger partial charge in [-0.1, -0.05) is 23.7 Å². The van der Waals surface area contributed by atoms with E-state index in [4.69, 9.17) is 17.3 Å². The molecule has 0 aliphatic carbocycles. The number of benzene rings is 2. The number of carbonyl (C=O) groups is 1. The molecule has 0 bridgehead atoms. The lowest BCUT2D eigenvalue weighted by Crippen LogP contribution is -2.48. The van der Waals surface area contributed by atoms with Crippen LogP contribution in [0.4, 0.5) is 18.9 Å². The van der Waals surface area contributed by atoms with Gasteiger partial charge in [0.15, 0.2) is 0 Å². The van der Waals surface area contributed by atoms with E-state index >= 15 is 0 Å². The first kappa shape index (κ1) is 26.7. The normalized spacial score (nSPS) is 19.4. The molecule has 1 fully saturated rings. The molecule has 2 aliphatic rings. The molecule has 1 saturated heterocycles. The highest BCUT2D eigenvalue weighted by Crippen LogP contribution is 2.41. The second-order valence-electron chi connectivity index (χ2n) is 9.44. The van der Waals surface area contributed by atoms with Crippen LogP contribution in [0, 0.1) is 0 Å². The molecule has 196 valence electrons. The summed E-state index contributed by atoms with van der Waals surface area (Å²) in [6.07, 6.45) is -3.54. The zero-order chi connectivity index (χ0) is 25.9. The van der Waals surface area contributed by atoms with Crippen LogP contribution < -0.4 is 10.6 Å². The number of rotatable bonds is 8. The number of carbonyl (C=O) groups excluding carboxylic acids is 1. The molecule has 1 unspecified atom stereocenters. The van der Waals surface area contributed by atoms with Crippen LogP contribution in [0.2, 0.25) is 5.02 Å². The lowest BCUT2D eigenvalue weighted by atomic mass is 9.85. The van der Waals surface area contributed by atoms with Crippen LogP contribution in [0.1, 0.15) is 45.9 Å². The molecule has 0 aromatic heterocycles. The molecular formula is C26H32ClF3N4O2. The first-order chi connectivity index (χ1) is 17.2. The second-order valence-corrected chi connectivity index (χ2v) is 9.88. The van der Waals surface area contributed by atoms with E-state index in [0.29, 0.717) is 49.7 Å². The highest BCUT2D eigenvalue weighted by Gasteiger charge is 2.33. The Bertz CT molecular complexity index is 1070. The maximum absolute atomic E-state index is 12.7. The predicted octanol–water partition coefficient (Wildman–Crippen LogP) is 3.84. The van der Waals surface area contributed by atoms with Crippen molar-refractivity contribution >= 4 is 23.2 Å². The van der Waals surface area contributed by atoms with Gasteiger partial charge >= 0.3 is 6.18 Å². The molecule has 0 saturated carbocycles. The number of fused-ring (bicyclic) bond motifs is 1. The molecule has 4 rings (SSSR count). The fraction of sp³-hybridized carbons (Fsp3) is 0.500. The standard InChI is InChI=1S/C26H32ClF3N4O2/c27-20-4-5-21(23(17-20)33-13-11-32(12-14-33)10-7-26(28,29)30)24-22-16-19(25(31)36)3-2-18(22)6-9-34(24)8-1-15-35/h2-5,16-17,24,35H,1,6-15H2,(H2,31,36). The van der Waals surface area contributed by atoms with Crippen LogP contribution in [0.25, 0.3) is 0 Å². The second kappa shape index (κ2) is 11.4. The Morgan fingerprint density at radius 1 is 1.03 bits per heavy atom. The minimum Gasteiger partial charge on any atom is -0.396 e. The van der Waals surface area contributed by atoms with Gasteiger partial charge < -0.3 is 15.7 Å². The third kappa shape index (κ3) is 6.32. The Hall–Kier alpha value is -2.33. The quantitative estimate of drug-likeness (QED) is 0.549. The van der Waals surface area contributed by atoms with Gasteiger partial charge in [0.2, 0.25) is 5.91 Å². The summed E-state index contributed by atoms with van der Waals surface area (Å²) in [5, 5.41) is 10.1. The number of aliphatic hydroxyl groups excluding tert-OH is 1. The van der Waals surface area contributed by atoms with E-state index < -0.39 is 18.5 Å². The van der Waals surface area contributed by atoms with Gasteiger partial charge in [-0.2, -0.15) is 13.2 Å². The van der Waals surface area contributed by atoms with Crippen LogP contribution in [0.5, 0.6) is 0 Å². The van der Waals surface area contributed by atoms with Crippen molar-refractivity contribution in [2.45, 2.75) is 31.5 Å².